The lowest BCUT2D eigenvalue weighted by Gasteiger charge is -2.37. The molecule has 0 unspecified atom stereocenters. The van der Waals surface area contributed by atoms with Gasteiger partial charge in [0.1, 0.15) is 17.7 Å². The largest absolute Gasteiger partial charge is 0.478 e. The number of thioether (sulfide) groups is 1. The van der Waals surface area contributed by atoms with Gasteiger partial charge in [0.25, 0.3) is 0 Å². The van der Waals surface area contributed by atoms with Crippen molar-refractivity contribution in [2.24, 2.45) is 29.4 Å². The molecule has 0 radical (unpaired) electrons. The van der Waals surface area contributed by atoms with Crippen LogP contribution in [0.15, 0.2) is 47.5 Å². The standard InChI is InChI=1S/C33H42N4O10S/c34-33(46,32(44)45)8-5-25(38)36-23(28(39)37-29(40)30(41)42)16-48-24-15-18-3-1-17(2-4-18)12-21-13-20(11-19-6-9-35-10-7-19)14-22-26(21)27(24)47-31(22)43/h6-7,9-10,14,17-18,21-24,29,40,46H,1-5,8,11-13,15-16,34H2,(H,36,38)(H,37,39)(H,41,42)(H,44,45)/t17?,18?,21-,22-,23-,24+,29-,33+/m0/s1. The SMILES string of the molecule is N[C@@](O)(CCC(=O)N[C@@H](CS[C@@H]1CC2CCC(CC2)C[C@H]2CC(Cc3ccncc3)=C[C@@H]3C(=O)OC1=C23)C(=O)N[C@@H](O)C(=O)O)C(=O)O. The highest BCUT2D eigenvalue weighted by molar-refractivity contribution is 8.00. The van der Waals surface area contributed by atoms with Crippen molar-refractivity contribution in [1.82, 2.24) is 15.6 Å². The Morgan fingerprint density at radius 3 is 2.38 bits per heavy atom. The van der Waals surface area contributed by atoms with E-state index in [-0.39, 0.29) is 22.9 Å². The zero-order valence-corrected chi connectivity index (χ0v) is 27.2. The quantitative estimate of drug-likeness (QED) is 0.0879. The number of amides is 2. The third-order valence-corrected chi connectivity index (χ3v) is 11.1. The maximum Gasteiger partial charge on any atom is 0.353 e. The van der Waals surface area contributed by atoms with Crippen LogP contribution in [0.4, 0.5) is 0 Å². The number of aromatic nitrogens is 1. The molecule has 1 aromatic heterocycles. The van der Waals surface area contributed by atoms with Crippen LogP contribution in [-0.2, 0) is 35.1 Å². The second kappa shape index (κ2) is 15.2. The van der Waals surface area contributed by atoms with Crippen molar-refractivity contribution in [2.75, 3.05) is 5.75 Å². The molecule has 1 aliphatic heterocycles. The summed E-state index contributed by atoms with van der Waals surface area (Å²) in [6.45, 7) is 0. The predicted octanol–water partition coefficient (Wildman–Crippen LogP) is 1.22. The normalized spacial score (nSPS) is 27.4. The minimum Gasteiger partial charge on any atom is -0.478 e. The van der Waals surface area contributed by atoms with Gasteiger partial charge in [-0.05, 0) is 66.7 Å². The topological polar surface area (TPSA) is 238 Å². The van der Waals surface area contributed by atoms with Gasteiger partial charge in [0, 0.05) is 31.0 Å². The van der Waals surface area contributed by atoms with Crippen LogP contribution in [-0.4, -0.2) is 84.1 Å². The lowest BCUT2D eigenvalue weighted by Crippen LogP contribution is -2.53. The van der Waals surface area contributed by atoms with E-state index in [4.69, 9.17) is 20.7 Å². The molecule has 1 aromatic rings. The van der Waals surface area contributed by atoms with E-state index in [0.717, 1.165) is 49.7 Å². The zero-order chi connectivity index (χ0) is 34.6. The van der Waals surface area contributed by atoms with Crippen molar-refractivity contribution < 1.29 is 49.1 Å². The Balaban J connectivity index is 1.40. The number of pyridine rings is 1. The van der Waals surface area contributed by atoms with Crippen molar-refractivity contribution in [3.63, 3.8) is 0 Å². The summed E-state index contributed by atoms with van der Waals surface area (Å²) in [4.78, 5) is 65.8. The monoisotopic (exact) mass is 686 g/mol. The molecular formula is C33H42N4O10S. The second-order valence-corrected chi connectivity index (χ2v) is 14.5. The van der Waals surface area contributed by atoms with E-state index in [1.54, 1.807) is 12.4 Å². The Morgan fingerprint density at radius 2 is 1.73 bits per heavy atom. The molecule has 8 N–H and O–H groups in total. The van der Waals surface area contributed by atoms with E-state index < -0.39 is 60.5 Å². The molecule has 15 heteroatoms. The number of nitrogens with two attached hydrogens (primary N) is 1. The average molecular weight is 687 g/mol. The number of esters is 1. The fourth-order valence-electron chi connectivity index (χ4n) is 7.24. The Bertz CT molecular complexity index is 1470. The van der Waals surface area contributed by atoms with Gasteiger partial charge >= 0.3 is 17.9 Å². The predicted molar refractivity (Wildman–Crippen MR) is 171 cm³/mol. The van der Waals surface area contributed by atoms with Crippen molar-refractivity contribution >= 4 is 41.5 Å². The molecule has 5 aliphatic rings. The van der Waals surface area contributed by atoms with Gasteiger partial charge in [0.2, 0.25) is 23.8 Å². The molecule has 6 rings (SSSR count). The van der Waals surface area contributed by atoms with Crippen LogP contribution in [0.2, 0.25) is 0 Å². The highest BCUT2D eigenvalue weighted by atomic mass is 32.2. The fourth-order valence-corrected chi connectivity index (χ4v) is 8.64. The number of fused-ring (bicyclic) bond motifs is 3. The number of aliphatic hydroxyl groups excluding tert-OH is 1. The summed E-state index contributed by atoms with van der Waals surface area (Å²) in [6.07, 6.45) is 9.43. The first kappa shape index (κ1) is 35.5. The second-order valence-electron chi connectivity index (χ2n) is 13.3. The summed E-state index contributed by atoms with van der Waals surface area (Å²) in [7, 11) is 0. The molecule has 14 nitrogen and oxygen atoms in total. The lowest BCUT2D eigenvalue weighted by molar-refractivity contribution is -0.159. The van der Waals surface area contributed by atoms with Crippen molar-refractivity contribution in [3.05, 3.63) is 53.1 Å². The number of nitrogens with zero attached hydrogens (tertiary/aromatic N) is 1. The van der Waals surface area contributed by atoms with E-state index in [1.807, 2.05) is 23.5 Å². The van der Waals surface area contributed by atoms with Crippen LogP contribution >= 0.6 is 11.8 Å². The Hall–Kier alpha value is -3.79. The molecular weight excluding hydrogens is 644 g/mol. The van der Waals surface area contributed by atoms with Gasteiger partial charge in [-0.15, -0.1) is 11.8 Å². The number of hydrogen-bond acceptors (Lipinski definition) is 11. The van der Waals surface area contributed by atoms with Crippen molar-refractivity contribution in [2.45, 2.75) is 87.5 Å². The molecule has 0 saturated heterocycles. The van der Waals surface area contributed by atoms with Crippen molar-refractivity contribution in [1.29, 1.82) is 0 Å². The maximum absolute atomic E-state index is 13.4. The van der Waals surface area contributed by atoms with Gasteiger partial charge in [-0.25, -0.2) is 9.59 Å². The van der Waals surface area contributed by atoms with E-state index in [2.05, 4.69) is 10.3 Å². The number of carbonyl (C=O) groups excluding carboxylic acids is 3. The molecule has 4 aliphatic carbocycles. The molecule has 48 heavy (non-hydrogen) atoms. The first-order valence-electron chi connectivity index (χ1n) is 16.2. The Morgan fingerprint density at radius 1 is 1.06 bits per heavy atom. The summed E-state index contributed by atoms with van der Waals surface area (Å²) in [6, 6.07) is 2.58. The number of ether oxygens (including phenoxy) is 1. The van der Waals surface area contributed by atoms with Crippen LogP contribution in [0.1, 0.15) is 63.4 Å². The molecule has 1 saturated carbocycles. The van der Waals surface area contributed by atoms with Crippen LogP contribution in [0.5, 0.6) is 0 Å². The van der Waals surface area contributed by atoms with E-state index in [0.29, 0.717) is 30.4 Å². The third kappa shape index (κ3) is 8.62. The molecule has 6 atom stereocenters. The lowest BCUT2D eigenvalue weighted by atomic mass is 9.68. The number of rotatable bonds is 13. The molecule has 2 bridgehead atoms. The number of hydrogen-bond donors (Lipinski definition) is 7. The van der Waals surface area contributed by atoms with Crippen LogP contribution < -0.4 is 16.4 Å². The van der Waals surface area contributed by atoms with Crippen molar-refractivity contribution in [3.8, 4) is 0 Å². The summed E-state index contributed by atoms with van der Waals surface area (Å²) >= 11 is 1.30. The van der Waals surface area contributed by atoms with Crippen LogP contribution in [0, 0.1) is 23.7 Å². The highest BCUT2D eigenvalue weighted by Crippen LogP contribution is 2.51. The molecule has 2 heterocycles. The third-order valence-electron chi connectivity index (χ3n) is 9.77. The molecule has 1 fully saturated rings. The summed E-state index contributed by atoms with van der Waals surface area (Å²) in [5.74, 6) is -4.54. The number of nitrogens with one attached hydrogen (secondary N) is 2. The Labute approximate surface area is 281 Å². The van der Waals surface area contributed by atoms with Crippen LogP contribution in [0.25, 0.3) is 0 Å². The summed E-state index contributed by atoms with van der Waals surface area (Å²) in [5.41, 5.74) is 5.92. The highest BCUT2D eigenvalue weighted by Gasteiger charge is 2.46. The average Bonchev–Trinajstić information content (AvgIpc) is 3.38. The zero-order valence-electron chi connectivity index (χ0n) is 26.4. The van der Waals surface area contributed by atoms with Gasteiger partial charge in [-0.3, -0.25) is 25.1 Å². The van der Waals surface area contributed by atoms with Gasteiger partial charge in [-0.1, -0.05) is 37.3 Å². The Kier molecular flexibility index (Phi) is 11.2. The first-order valence-corrected chi connectivity index (χ1v) is 17.3. The fraction of sp³-hybridized carbons (Fsp3) is 0.576. The number of allylic oxidation sites excluding steroid dienone is 1. The molecule has 0 spiro atoms. The minimum atomic E-state index is -2.67. The maximum atomic E-state index is 13.4. The van der Waals surface area contributed by atoms with Gasteiger partial charge in [0.05, 0.1) is 5.25 Å². The molecule has 2 amide bonds. The van der Waals surface area contributed by atoms with Gasteiger partial charge in [0.15, 0.2) is 0 Å². The summed E-state index contributed by atoms with van der Waals surface area (Å²) < 4.78 is 6.06. The number of carboxylic acids is 2. The van der Waals surface area contributed by atoms with Gasteiger partial charge < -0.3 is 35.8 Å². The smallest absolute Gasteiger partial charge is 0.353 e. The number of aliphatic carboxylic acids is 2. The number of carbonyl (C=O) groups is 5. The van der Waals surface area contributed by atoms with E-state index >= 15 is 0 Å². The van der Waals surface area contributed by atoms with E-state index in [1.165, 1.54) is 17.3 Å². The molecule has 260 valence electrons. The number of carboxylic acid groups (broad SMARTS) is 2. The molecule has 0 aromatic carbocycles. The van der Waals surface area contributed by atoms with Gasteiger partial charge in [-0.2, -0.15) is 0 Å². The van der Waals surface area contributed by atoms with Crippen LogP contribution in [0.3, 0.4) is 0 Å². The minimum absolute atomic E-state index is 0.0808. The first-order chi connectivity index (χ1) is 22.8. The summed E-state index contributed by atoms with van der Waals surface area (Å²) in [5, 5.41) is 41.8. The number of aliphatic hydroxyl groups is 2. The van der Waals surface area contributed by atoms with E-state index in [9.17, 15) is 34.2 Å².